The number of aryl methyl sites for hydroxylation is 1. The van der Waals surface area contributed by atoms with Crippen LogP contribution in [0.5, 0.6) is 0 Å². The van der Waals surface area contributed by atoms with Crippen LogP contribution in [0.3, 0.4) is 0 Å². The Morgan fingerprint density at radius 2 is 1.94 bits per heavy atom. The van der Waals surface area contributed by atoms with Crippen molar-refractivity contribution in [2.75, 3.05) is 7.11 Å². The first-order valence-electron chi connectivity index (χ1n) is 4.65. The van der Waals surface area contributed by atoms with Crippen LogP contribution in [0.15, 0.2) is 40.3 Å². The molecule has 1 aromatic rings. The first-order valence-corrected chi connectivity index (χ1v) is 6.24. The van der Waals surface area contributed by atoms with Crippen molar-refractivity contribution in [2.45, 2.75) is 17.2 Å². The zero-order chi connectivity index (χ0) is 13.1. The Labute approximate surface area is 106 Å². The molecule has 1 aromatic carbocycles. The van der Waals surface area contributed by atoms with Crippen molar-refractivity contribution in [2.24, 2.45) is 0 Å². The molecule has 0 heterocycles. The predicted molar refractivity (Wildman–Crippen MR) is 63.5 cm³/mol. The van der Waals surface area contributed by atoms with E-state index in [-0.39, 0.29) is 0 Å². The summed E-state index contributed by atoms with van der Waals surface area (Å²) in [6, 6.07) is 6.68. The summed E-state index contributed by atoms with van der Waals surface area (Å²) in [7, 11) is -0.670. The fourth-order valence-electron chi connectivity index (χ4n) is 1.07. The number of benzene rings is 1. The maximum absolute atomic E-state index is 12.8. The van der Waals surface area contributed by atoms with Gasteiger partial charge in [0.15, 0.2) is 5.76 Å². The summed E-state index contributed by atoms with van der Waals surface area (Å²) in [5, 5.41) is -2.85. The Kier molecular flexibility index (Phi) is 4.65. The third-order valence-corrected chi connectivity index (χ3v) is 3.32. The van der Waals surface area contributed by atoms with E-state index in [2.05, 4.69) is 4.74 Å². The Morgan fingerprint density at radius 1 is 1.41 bits per heavy atom. The van der Waals surface area contributed by atoms with E-state index in [0.717, 1.165) is 18.1 Å². The monoisotopic (exact) mass is 280 g/mol. The van der Waals surface area contributed by atoms with E-state index in [1.807, 2.05) is 6.92 Å². The van der Waals surface area contributed by atoms with E-state index in [4.69, 9.17) is 11.6 Å². The molecule has 1 rings (SSSR count). The van der Waals surface area contributed by atoms with Crippen LogP contribution in [-0.2, 0) is 15.5 Å². The largest absolute Gasteiger partial charge is 0.493 e. The first-order chi connectivity index (χ1) is 7.84. The molecule has 0 aliphatic heterocycles. The van der Waals surface area contributed by atoms with Crippen LogP contribution in [-0.4, -0.2) is 16.7 Å². The number of allylic oxidation sites excluding steroid dienone is 1. The number of methoxy groups -OCH3 is 1. The molecular formula is C11H11ClF2O2S. The molecule has 0 radical (unpaired) electrons. The normalized spacial score (nSPS) is 14.5. The van der Waals surface area contributed by atoms with E-state index in [1.165, 1.54) is 0 Å². The lowest BCUT2D eigenvalue weighted by Gasteiger charge is -2.10. The molecule has 1 unspecified atom stereocenters. The lowest BCUT2D eigenvalue weighted by molar-refractivity contribution is 0.0672. The minimum absolute atomic E-state index is 0.408. The number of halogens is 3. The van der Waals surface area contributed by atoms with E-state index < -0.39 is 21.9 Å². The second-order valence-electron chi connectivity index (χ2n) is 3.29. The second kappa shape index (κ2) is 5.60. The molecule has 6 heteroatoms. The fourth-order valence-corrected chi connectivity index (χ4v) is 2.24. The topological polar surface area (TPSA) is 26.3 Å². The molecule has 0 bridgehead atoms. The van der Waals surface area contributed by atoms with Gasteiger partial charge in [0, 0.05) is 4.90 Å². The summed E-state index contributed by atoms with van der Waals surface area (Å²) >= 11 is 4.80. The number of hydrogen-bond donors (Lipinski definition) is 0. The zero-order valence-electron chi connectivity index (χ0n) is 9.25. The molecule has 94 valence electrons. The highest BCUT2D eigenvalue weighted by molar-refractivity contribution is 7.88. The molecule has 0 N–H and O–H groups in total. The van der Waals surface area contributed by atoms with Crippen molar-refractivity contribution in [3.8, 4) is 0 Å². The SMILES string of the molecule is CO/C(=C\S(=O)c1ccc(C)cc1)C(F)(F)Cl. The van der Waals surface area contributed by atoms with Crippen molar-refractivity contribution >= 4 is 22.4 Å². The van der Waals surface area contributed by atoms with Crippen LogP contribution < -0.4 is 0 Å². The van der Waals surface area contributed by atoms with Crippen LogP contribution in [0, 0.1) is 6.92 Å². The zero-order valence-corrected chi connectivity index (χ0v) is 10.8. The standard InChI is InChI=1S/C11H11ClF2O2S/c1-8-3-5-9(6-4-8)17(15)7-10(16-2)11(12,13)14/h3-7H,1-2H3/b10-7-. The van der Waals surface area contributed by atoms with Crippen molar-refractivity contribution < 1.29 is 17.7 Å². The minimum atomic E-state index is -3.66. The van der Waals surface area contributed by atoms with Crippen molar-refractivity contribution in [3.05, 3.63) is 41.0 Å². The van der Waals surface area contributed by atoms with Gasteiger partial charge in [-0.25, -0.2) is 4.21 Å². The third kappa shape index (κ3) is 4.09. The van der Waals surface area contributed by atoms with Crippen molar-refractivity contribution in [3.63, 3.8) is 0 Å². The molecule has 0 saturated heterocycles. The molecule has 0 saturated carbocycles. The van der Waals surface area contributed by atoms with Crippen LogP contribution in [0.2, 0.25) is 0 Å². The van der Waals surface area contributed by atoms with E-state index in [1.54, 1.807) is 24.3 Å². The molecular weight excluding hydrogens is 270 g/mol. The van der Waals surface area contributed by atoms with Gasteiger partial charge in [-0.1, -0.05) is 17.7 Å². The lowest BCUT2D eigenvalue weighted by Crippen LogP contribution is -2.12. The van der Waals surface area contributed by atoms with Gasteiger partial charge in [0.1, 0.15) is 0 Å². The summed E-state index contributed by atoms with van der Waals surface area (Å²) in [6.45, 7) is 1.87. The molecule has 0 spiro atoms. The van der Waals surface area contributed by atoms with Gasteiger partial charge < -0.3 is 4.74 Å². The predicted octanol–water partition coefficient (Wildman–Crippen LogP) is 3.42. The molecule has 17 heavy (non-hydrogen) atoms. The van der Waals surface area contributed by atoms with E-state index >= 15 is 0 Å². The van der Waals surface area contributed by atoms with Crippen LogP contribution >= 0.6 is 11.6 Å². The van der Waals surface area contributed by atoms with Crippen LogP contribution in [0.1, 0.15) is 5.56 Å². The number of rotatable bonds is 4. The minimum Gasteiger partial charge on any atom is -0.493 e. The van der Waals surface area contributed by atoms with Gasteiger partial charge in [0.2, 0.25) is 0 Å². The van der Waals surface area contributed by atoms with Gasteiger partial charge in [-0.15, -0.1) is 0 Å². The van der Waals surface area contributed by atoms with Gasteiger partial charge >= 0.3 is 5.38 Å². The molecule has 1 atom stereocenters. The highest BCUT2D eigenvalue weighted by Crippen LogP contribution is 2.29. The second-order valence-corrected chi connectivity index (χ2v) is 5.07. The summed E-state index contributed by atoms with van der Waals surface area (Å²) in [5.74, 6) is -0.821. The van der Waals surface area contributed by atoms with E-state index in [0.29, 0.717) is 4.90 Å². The average molecular weight is 281 g/mol. The molecule has 0 aromatic heterocycles. The average Bonchev–Trinajstić information content (AvgIpc) is 2.24. The van der Waals surface area contributed by atoms with Crippen LogP contribution in [0.4, 0.5) is 8.78 Å². The Morgan fingerprint density at radius 3 is 2.35 bits per heavy atom. The maximum atomic E-state index is 12.8. The highest BCUT2D eigenvalue weighted by atomic mass is 35.5. The molecule has 0 aliphatic rings. The summed E-state index contributed by atoms with van der Waals surface area (Å²) in [6.07, 6.45) is 0. The summed E-state index contributed by atoms with van der Waals surface area (Å²) < 4.78 is 41.7. The Bertz CT molecular complexity index is 438. The number of ether oxygens (including phenoxy) is 1. The third-order valence-electron chi connectivity index (χ3n) is 1.97. The maximum Gasteiger partial charge on any atom is 0.379 e. The molecule has 2 nitrogen and oxygen atoms in total. The smallest absolute Gasteiger partial charge is 0.379 e. The van der Waals surface area contributed by atoms with Crippen molar-refractivity contribution in [1.29, 1.82) is 0 Å². The molecule has 0 amide bonds. The van der Waals surface area contributed by atoms with Crippen molar-refractivity contribution in [1.82, 2.24) is 0 Å². The Hall–Kier alpha value is -0.940. The van der Waals surface area contributed by atoms with E-state index in [9.17, 15) is 13.0 Å². The Balaban J connectivity index is 2.98. The highest BCUT2D eigenvalue weighted by Gasteiger charge is 2.33. The lowest BCUT2D eigenvalue weighted by atomic mass is 10.2. The molecule has 0 aliphatic carbocycles. The quantitative estimate of drug-likeness (QED) is 0.624. The summed E-state index contributed by atoms with van der Waals surface area (Å²) in [4.78, 5) is 0.408. The number of alkyl halides is 3. The number of hydrogen-bond acceptors (Lipinski definition) is 2. The van der Waals surface area contributed by atoms with Crippen LogP contribution in [0.25, 0.3) is 0 Å². The van der Waals surface area contributed by atoms with Gasteiger partial charge in [0.05, 0.1) is 23.3 Å². The van der Waals surface area contributed by atoms with Gasteiger partial charge in [-0.3, -0.25) is 0 Å². The van der Waals surface area contributed by atoms with Gasteiger partial charge in [-0.2, -0.15) is 8.78 Å². The van der Waals surface area contributed by atoms with Gasteiger partial charge in [0.25, 0.3) is 0 Å². The summed E-state index contributed by atoms with van der Waals surface area (Å²) in [5.41, 5.74) is 0.990. The molecule has 0 fully saturated rings. The van der Waals surface area contributed by atoms with Gasteiger partial charge in [-0.05, 0) is 30.7 Å². The fraction of sp³-hybridized carbons (Fsp3) is 0.273. The first kappa shape index (κ1) is 14.1.